The summed E-state index contributed by atoms with van der Waals surface area (Å²) in [6, 6.07) is 7.12. The molecule has 1 aliphatic rings. The lowest BCUT2D eigenvalue weighted by Crippen LogP contribution is -2.23. The zero-order valence-corrected chi connectivity index (χ0v) is 11.2. The van der Waals surface area contributed by atoms with Crippen LogP contribution in [0.15, 0.2) is 36.7 Å². The van der Waals surface area contributed by atoms with Crippen molar-refractivity contribution in [3.8, 4) is 11.5 Å². The van der Waals surface area contributed by atoms with Crippen LogP contribution in [0.3, 0.4) is 0 Å². The van der Waals surface area contributed by atoms with Crippen LogP contribution in [0.2, 0.25) is 5.02 Å². The number of hydrogen-bond acceptors (Lipinski definition) is 4. The third-order valence-electron chi connectivity index (χ3n) is 2.91. The quantitative estimate of drug-likeness (QED) is 0.943. The SMILES string of the molecule is O=C(NCc1ccc2c(c1)OCO2)c1ccncc1Cl. The van der Waals surface area contributed by atoms with Gasteiger partial charge in [-0.05, 0) is 23.8 Å². The highest BCUT2D eigenvalue weighted by Gasteiger charge is 2.14. The minimum atomic E-state index is -0.241. The van der Waals surface area contributed by atoms with E-state index in [4.69, 9.17) is 21.1 Å². The van der Waals surface area contributed by atoms with E-state index >= 15 is 0 Å². The van der Waals surface area contributed by atoms with E-state index < -0.39 is 0 Å². The maximum atomic E-state index is 12.0. The van der Waals surface area contributed by atoms with Crippen molar-refractivity contribution < 1.29 is 14.3 Å². The molecule has 2 aromatic rings. The fourth-order valence-electron chi connectivity index (χ4n) is 1.89. The number of rotatable bonds is 3. The monoisotopic (exact) mass is 290 g/mol. The normalized spacial score (nSPS) is 12.2. The van der Waals surface area contributed by atoms with Gasteiger partial charge in [-0.2, -0.15) is 0 Å². The van der Waals surface area contributed by atoms with Gasteiger partial charge in [0.1, 0.15) is 0 Å². The summed E-state index contributed by atoms with van der Waals surface area (Å²) in [7, 11) is 0. The van der Waals surface area contributed by atoms with Gasteiger partial charge in [0, 0.05) is 18.9 Å². The second kappa shape index (κ2) is 5.38. The van der Waals surface area contributed by atoms with Gasteiger partial charge in [-0.1, -0.05) is 17.7 Å². The van der Waals surface area contributed by atoms with E-state index in [1.165, 1.54) is 12.4 Å². The van der Waals surface area contributed by atoms with E-state index in [-0.39, 0.29) is 12.7 Å². The van der Waals surface area contributed by atoms with Crippen molar-refractivity contribution >= 4 is 17.5 Å². The van der Waals surface area contributed by atoms with Crippen molar-refractivity contribution in [3.05, 3.63) is 52.8 Å². The van der Waals surface area contributed by atoms with E-state index in [2.05, 4.69) is 10.3 Å². The van der Waals surface area contributed by atoms with Gasteiger partial charge in [-0.25, -0.2) is 0 Å². The van der Waals surface area contributed by atoms with Crippen molar-refractivity contribution in [2.75, 3.05) is 6.79 Å². The number of amides is 1. The second-order valence-electron chi connectivity index (χ2n) is 4.23. The van der Waals surface area contributed by atoms with Gasteiger partial charge in [0.15, 0.2) is 11.5 Å². The summed E-state index contributed by atoms with van der Waals surface area (Å²) >= 11 is 5.92. The molecule has 0 fully saturated rings. The van der Waals surface area contributed by atoms with Crippen LogP contribution in [0.5, 0.6) is 11.5 Å². The van der Waals surface area contributed by atoms with E-state index in [1.807, 2.05) is 18.2 Å². The molecule has 1 aromatic carbocycles. The summed E-state index contributed by atoms with van der Waals surface area (Å²) in [5.41, 5.74) is 1.33. The summed E-state index contributed by atoms with van der Waals surface area (Å²) in [5.74, 6) is 1.17. The number of carbonyl (C=O) groups is 1. The Kier molecular flexibility index (Phi) is 3.43. The van der Waals surface area contributed by atoms with Crippen molar-refractivity contribution in [3.63, 3.8) is 0 Å². The molecule has 0 aliphatic carbocycles. The maximum Gasteiger partial charge on any atom is 0.253 e. The summed E-state index contributed by atoms with van der Waals surface area (Å²) in [6.07, 6.45) is 2.97. The van der Waals surface area contributed by atoms with E-state index in [9.17, 15) is 4.79 Å². The Morgan fingerprint density at radius 2 is 2.15 bits per heavy atom. The Labute approximate surface area is 120 Å². The molecule has 2 heterocycles. The average molecular weight is 291 g/mol. The summed E-state index contributed by atoms with van der Waals surface area (Å²) < 4.78 is 10.5. The number of nitrogens with zero attached hydrogens (tertiary/aromatic N) is 1. The number of pyridine rings is 1. The summed E-state index contributed by atoms with van der Waals surface area (Å²) in [6.45, 7) is 0.617. The maximum absolute atomic E-state index is 12.0. The lowest BCUT2D eigenvalue weighted by Gasteiger charge is -2.07. The third-order valence-corrected chi connectivity index (χ3v) is 3.21. The van der Waals surface area contributed by atoms with E-state index in [0.717, 1.165) is 11.3 Å². The van der Waals surface area contributed by atoms with Crippen molar-refractivity contribution in [1.82, 2.24) is 10.3 Å². The van der Waals surface area contributed by atoms with Gasteiger partial charge < -0.3 is 14.8 Å². The molecule has 5 nitrogen and oxygen atoms in total. The molecule has 1 aliphatic heterocycles. The van der Waals surface area contributed by atoms with Crippen LogP contribution in [0.4, 0.5) is 0 Å². The van der Waals surface area contributed by atoms with Crippen molar-refractivity contribution in [2.24, 2.45) is 0 Å². The molecule has 1 N–H and O–H groups in total. The number of ether oxygens (including phenoxy) is 2. The van der Waals surface area contributed by atoms with E-state index in [0.29, 0.717) is 22.9 Å². The van der Waals surface area contributed by atoms with Gasteiger partial charge in [0.25, 0.3) is 5.91 Å². The molecule has 0 bridgehead atoms. The molecule has 3 rings (SSSR count). The third kappa shape index (κ3) is 2.53. The molecule has 0 saturated carbocycles. The number of carbonyl (C=O) groups excluding carboxylic acids is 1. The molecule has 1 amide bonds. The molecule has 0 radical (unpaired) electrons. The smallest absolute Gasteiger partial charge is 0.253 e. The zero-order chi connectivity index (χ0) is 13.9. The topological polar surface area (TPSA) is 60.5 Å². The zero-order valence-electron chi connectivity index (χ0n) is 10.4. The molecule has 0 spiro atoms. The van der Waals surface area contributed by atoms with Crippen molar-refractivity contribution in [1.29, 1.82) is 0 Å². The Morgan fingerprint density at radius 3 is 3.00 bits per heavy atom. The highest BCUT2D eigenvalue weighted by atomic mass is 35.5. The minimum Gasteiger partial charge on any atom is -0.454 e. The predicted molar refractivity (Wildman–Crippen MR) is 73.0 cm³/mol. The first-order valence-corrected chi connectivity index (χ1v) is 6.38. The Balaban J connectivity index is 1.68. The molecule has 0 unspecified atom stereocenters. The van der Waals surface area contributed by atoms with E-state index in [1.54, 1.807) is 6.07 Å². The number of fused-ring (bicyclic) bond motifs is 1. The van der Waals surface area contributed by atoms with Crippen LogP contribution in [0.25, 0.3) is 0 Å². The van der Waals surface area contributed by atoms with Gasteiger partial charge >= 0.3 is 0 Å². The summed E-state index contributed by atoms with van der Waals surface area (Å²) in [5, 5.41) is 3.13. The fourth-order valence-corrected chi connectivity index (χ4v) is 2.09. The molecule has 6 heteroatoms. The van der Waals surface area contributed by atoms with Crippen LogP contribution >= 0.6 is 11.6 Å². The first kappa shape index (κ1) is 12.7. The molecular weight excluding hydrogens is 280 g/mol. The molecule has 20 heavy (non-hydrogen) atoms. The van der Waals surface area contributed by atoms with Crippen LogP contribution in [0.1, 0.15) is 15.9 Å². The number of hydrogen-bond donors (Lipinski definition) is 1. The van der Waals surface area contributed by atoms with Crippen molar-refractivity contribution in [2.45, 2.75) is 6.54 Å². The number of halogens is 1. The van der Waals surface area contributed by atoms with Crippen LogP contribution in [-0.4, -0.2) is 17.7 Å². The van der Waals surface area contributed by atoms with Gasteiger partial charge in [-0.15, -0.1) is 0 Å². The highest BCUT2D eigenvalue weighted by molar-refractivity contribution is 6.33. The second-order valence-corrected chi connectivity index (χ2v) is 4.63. The molecular formula is C14H11ClN2O3. The lowest BCUT2D eigenvalue weighted by atomic mass is 10.2. The van der Waals surface area contributed by atoms with Gasteiger partial charge in [0.05, 0.1) is 10.6 Å². The molecule has 0 atom stereocenters. The van der Waals surface area contributed by atoms with Gasteiger partial charge in [0.2, 0.25) is 6.79 Å². The van der Waals surface area contributed by atoms with Crippen LogP contribution in [-0.2, 0) is 6.54 Å². The number of aromatic nitrogens is 1. The highest BCUT2D eigenvalue weighted by Crippen LogP contribution is 2.32. The molecule has 102 valence electrons. The largest absolute Gasteiger partial charge is 0.454 e. The Morgan fingerprint density at radius 1 is 1.30 bits per heavy atom. The van der Waals surface area contributed by atoms with Gasteiger partial charge in [-0.3, -0.25) is 9.78 Å². The first-order valence-electron chi connectivity index (χ1n) is 6.00. The Hall–Kier alpha value is -2.27. The predicted octanol–water partition coefficient (Wildman–Crippen LogP) is 2.39. The van der Waals surface area contributed by atoms with Crippen LogP contribution < -0.4 is 14.8 Å². The van der Waals surface area contributed by atoms with Crippen LogP contribution in [0, 0.1) is 0 Å². The number of benzene rings is 1. The Bertz CT molecular complexity index is 661. The molecule has 0 saturated heterocycles. The number of nitrogens with one attached hydrogen (secondary N) is 1. The summed E-state index contributed by atoms with van der Waals surface area (Å²) in [4.78, 5) is 15.8. The minimum absolute atomic E-state index is 0.234. The fraction of sp³-hybridized carbons (Fsp3) is 0.143. The average Bonchev–Trinajstić information content (AvgIpc) is 2.92. The molecule has 1 aromatic heterocycles. The lowest BCUT2D eigenvalue weighted by molar-refractivity contribution is 0.0951. The first-order chi connectivity index (χ1) is 9.74. The standard InChI is InChI=1S/C14H11ClN2O3/c15-11-7-16-4-3-10(11)14(18)17-6-9-1-2-12-13(5-9)20-8-19-12/h1-5,7H,6,8H2,(H,17,18).